The molecule has 2 saturated heterocycles. The molecule has 2 fully saturated rings. The van der Waals surface area contributed by atoms with Gasteiger partial charge in [0.1, 0.15) is 11.8 Å². The zero-order valence-electron chi connectivity index (χ0n) is 17.9. The molecule has 2 aliphatic heterocycles. The topological polar surface area (TPSA) is 44.8 Å². The quantitative estimate of drug-likeness (QED) is 0.723. The first-order valence-corrected chi connectivity index (χ1v) is 11.2. The summed E-state index contributed by atoms with van der Waals surface area (Å²) < 4.78 is 5.44. The van der Waals surface area contributed by atoms with Gasteiger partial charge in [-0.2, -0.15) is 0 Å². The van der Waals surface area contributed by atoms with Crippen molar-refractivity contribution < 1.29 is 9.53 Å². The third kappa shape index (κ3) is 4.85. The molecular weight excluding hydrogens is 374 g/mol. The largest absolute Gasteiger partial charge is 0.497 e. The maximum absolute atomic E-state index is 13.4. The molecule has 5 heteroatoms. The van der Waals surface area contributed by atoms with Crippen LogP contribution in [0.2, 0.25) is 0 Å². The number of nitrogens with zero attached hydrogens (tertiary/aromatic N) is 2. The number of likely N-dealkylation sites (tertiary alicyclic amines) is 2. The van der Waals surface area contributed by atoms with Gasteiger partial charge in [0.15, 0.2) is 0 Å². The van der Waals surface area contributed by atoms with Crippen LogP contribution in [-0.4, -0.2) is 55.5 Å². The summed E-state index contributed by atoms with van der Waals surface area (Å²) in [5, 5.41) is 3.31. The van der Waals surface area contributed by atoms with Crippen molar-refractivity contribution in [1.29, 1.82) is 0 Å². The van der Waals surface area contributed by atoms with E-state index < -0.39 is 0 Å². The van der Waals surface area contributed by atoms with Crippen LogP contribution in [-0.2, 0) is 4.79 Å². The van der Waals surface area contributed by atoms with Gasteiger partial charge in [0.2, 0.25) is 5.91 Å². The number of amides is 1. The molecule has 2 aromatic rings. The smallest absolute Gasteiger partial charge is 0.242 e. The van der Waals surface area contributed by atoms with E-state index in [1.807, 2.05) is 30.3 Å². The summed E-state index contributed by atoms with van der Waals surface area (Å²) in [5.74, 6) is 0.970. The molecule has 2 atom stereocenters. The maximum Gasteiger partial charge on any atom is 0.242 e. The number of carbonyl (C=O) groups is 1. The monoisotopic (exact) mass is 407 g/mol. The second-order valence-electron chi connectivity index (χ2n) is 8.34. The summed E-state index contributed by atoms with van der Waals surface area (Å²) in [6, 6.07) is 18.4. The van der Waals surface area contributed by atoms with Gasteiger partial charge in [-0.3, -0.25) is 14.6 Å². The number of nitrogens with one attached hydrogen (secondary N) is 1. The van der Waals surface area contributed by atoms with Crippen molar-refractivity contribution in [2.75, 3.05) is 39.8 Å². The summed E-state index contributed by atoms with van der Waals surface area (Å²) in [4.78, 5) is 18.2. The first-order valence-electron chi connectivity index (χ1n) is 11.2. The van der Waals surface area contributed by atoms with Crippen molar-refractivity contribution in [2.24, 2.45) is 0 Å². The fourth-order valence-corrected chi connectivity index (χ4v) is 4.82. The van der Waals surface area contributed by atoms with Gasteiger partial charge in [0.05, 0.1) is 13.2 Å². The Morgan fingerprint density at radius 2 is 1.53 bits per heavy atom. The Morgan fingerprint density at radius 3 is 2.20 bits per heavy atom. The summed E-state index contributed by atoms with van der Waals surface area (Å²) in [7, 11) is 1.70. The van der Waals surface area contributed by atoms with Gasteiger partial charge in [0.25, 0.3) is 0 Å². The molecule has 4 rings (SSSR count). The number of ether oxygens (including phenoxy) is 1. The van der Waals surface area contributed by atoms with Crippen molar-refractivity contribution in [3.05, 3.63) is 65.7 Å². The average Bonchev–Trinajstić information content (AvgIpc) is 3.50. The van der Waals surface area contributed by atoms with E-state index in [9.17, 15) is 4.79 Å². The zero-order valence-corrected chi connectivity index (χ0v) is 17.9. The lowest BCUT2D eigenvalue weighted by atomic mass is 10.0. The van der Waals surface area contributed by atoms with Crippen LogP contribution < -0.4 is 10.1 Å². The molecule has 5 nitrogen and oxygen atoms in total. The zero-order chi connectivity index (χ0) is 20.8. The minimum absolute atomic E-state index is 0.107. The molecular formula is C25H33N3O2. The van der Waals surface area contributed by atoms with Gasteiger partial charge in [0, 0.05) is 6.54 Å². The van der Waals surface area contributed by atoms with E-state index in [0.717, 1.165) is 50.3 Å². The van der Waals surface area contributed by atoms with Gasteiger partial charge in [-0.25, -0.2) is 0 Å². The number of methoxy groups -OCH3 is 1. The summed E-state index contributed by atoms with van der Waals surface area (Å²) in [6.45, 7) is 4.73. The Morgan fingerprint density at radius 1 is 0.900 bits per heavy atom. The van der Waals surface area contributed by atoms with Crippen LogP contribution in [0, 0.1) is 0 Å². The SMILES string of the molecule is COc1cccc(C(CNC(=O)C(c2ccccc2)N2CCCC2)N2CCCC2)c1. The normalized spacial score (nSPS) is 19.5. The molecule has 1 amide bonds. The van der Waals surface area contributed by atoms with Crippen LogP contribution in [0.15, 0.2) is 54.6 Å². The van der Waals surface area contributed by atoms with Crippen molar-refractivity contribution >= 4 is 5.91 Å². The number of hydrogen-bond acceptors (Lipinski definition) is 4. The van der Waals surface area contributed by atoms with Crippen LogP contribution in [0.1, 0.15) is 48.9 Å². The third-order valence-corrected chi connectivity index (χ3v) is 6.40. The number of hydrogen-bond donors (Lipinski definition) is 1. The molecule has 0 radical (unpaired) electrons. The first kappa shape index (κ1) is 20.9. The molecule has 0 spiro atoms. The van der Waals surface area contributed by atoms with Gasteiger partial charge >= 0.3 is 0 Å². The van der Waals surface area contributed by atoms with Crippen LogP contribution in [0.25, 0.3) is 0 Å². The standard InChI is InChI=1S/C25H33N3O2/c1-30-22-13-9-12-21(18-22)23(27-14-5-6-15-27)19-26-25(29)24(28-16-7-8-17-28)20-10-3-2-4-11-20/h2-4,9-13,18,23-24H,5-8,14-17,19H2,1H3,(H,26,29). The van der Waals surface area contributed by atoms with Crippen molar-refractivity contribution in [1.82, 2.24) is 15.1 Å². The summed E-state index contributed by atoms with van der Waals surface area (Å²) >= 11 is 0. The minimum Gasteiger partial charge on any atom is -0.497 e. The molecule has 0 aromatic heterocycles. The van der Waals surface area contributed by atoms with Gasteiger partial charge in [-0.05, 0) is 75.1 Å². The molecule has 0 bridgehead atoms. The number of carbonyl (C=O) groups excluding carboxylic acids is 1. The first-order chi connectivity index (χ1) is 14.8. The fourth-order valence-electron chi connectivity index (χ4n) is 4.82. The average molecular weight is 408 g/mol. The summed E-state index contributed by atoms with van der Waals surface area (Å²) in [5.41, 5.74) is 2.28. The second-order valence-corrected chi connectivity index (χ2v) is 8.34. The highest BCUT2D eigenvalue weighted by molar-refractivity contribution is 5.83. The lowest BCUT2D eigenvalue weighted by molar-refractivity contribution is -0.126. The molecule has 2 aromatic carbocycles. The van der Waals surface area contributed by atoms with E-state index in [1.165, 1.54) is 18.4 Å². The number of rotatable bonds is 8. The minimum atomic E-state index is -0.210. The lowest BCUT2D eigenvalue weighted by Crippen LogP contribution is -2.43. The third-order valence-electron chi connectivity index (χ3n) is 6.40. The molecule has 0 saturated carbocycles. The van der Waals surface area contributed by atoms with E-state index >= 15 is 0 Å². The molecule has 160 valence electrons. The van der Waals surface area contributed by atoms with Crippen molar-refractivity contribution in [3.8, 4) is 5.75 Å². The second kappa shape index (κ2) is 10.1. The Labute approximate surface area is 180 Å². The molecule has 1 N–H and O–H groups in total. The Hall–Kier alpha value is -2.37. The fraction of sp³-hybridized carbons (Fsp3) is 0.480. The van der Waals surface area contributed by atoms with E-state index in [1.54, 1.807) is 7.11 Å². The van der Waals surface area contributed by atoms with Gasteiger partial charge in [-0.15, -0.1) is 0 Å². The summed E-state index contributed by atoms with van der Waals surface area (Å²) in [6.07, 6.45) is 4.76. The van der Waals surface area contributed by atoms with Gasteiger partial charge < -0.3 is 10.1 Å². The van der Waals surface area contributed by atoms with E-state index in [0.29, 0.717) is 6.54 Å². The van der Waals surface area contributed by atoms with E-state index in [-0.39, 0.29) is 18.0 Å². The number of benzene rings is 2. The van der Waals surface area contributed by atoms with E-state index in [4.69, 9.17) is 4.74 Å². The van der Waals surface area contributed by atoms with Gasteiger partial charge in [-0.1, -0.05) is 42.5 Å². The Kier molecular flexibility index (Phi) is 7.03. The van der Waals surface area contributed by atoms with Crippen molar-refractivity contribution in [2.45, 2.75) is 37.8 Å². The molecule has 2 heterocycles. The molecule has 30 heavy (non-hydrogen) atoms. The van der Waals surface area contributed by atoms with E-state index in [2.05, 4.69) is 39.4 Å². The van der Waals surface area contributed by atoms with Crippen molar-refractivity contribution in [3.63, 3.8) is 0 Å². The van der Waals surface area contributed by atoms with Crippen LogP contribution in [0.4, 0.5) is 0 Å². The lowest BCUT2D eigenvalue weighted by Gasteiger charge is -2.31. The maximum atomic E-state index is 13.4. The van der Waals surface area contributed by atoms with Crippen LogP contribution in [0.5, 0.6) is 5.75 Å². The highest BCUT2D eigenvalue weighted by Gasteiger charge is 2.31. The highest BCUT2D eigenvalue weighted by atomic mass is 16.5. The van der Waals surface area contributed by atoms with Crippen LogP contribution >= 0.6 is 0 Å². The Bertz CT molecular complexity index is 814. The predicted octanol–water partition coefficient (Wildman–Crippen LogP) is 3.79. The highest BCUT2D eigenvalue weighted by Crippen LogP contribution is 2.29. The molecule has 0 aliphatic carbocycles. The Balaban J connectivity index is 1.51. The predicted molar refractivity (Wildman–Crippen MR) is 120 cm³/mol. The van der Waals surface area contributed by atoms with Crippen LogP contribution in [0.3, 0.4) is 0 Å². The molecule has 2 unspecified atom stereocenters. The molecule has 2 aliphatic rings.